The van der Waals surface area contributed by atoms with E-state index in [1.807, 2.05) is 0 Å². The minimum Gasteiger partial charge on any atom is -0.488 e. The van der Waals surface area contributed by atoms with E-state index in [0.29, 0.717) is 17.0 Å². The summed E-state index contributed by atoms with van der Waals surface area (Å²) in [6.45, 7) is -1.37. The van der Waals surface area contributed by atoms with Gasteiger partial charge in [0.25, 0.3) is 0 Å². The van der Waals surface area contributed by atoms with E-state index in [1.54, 1.807) is 0 Å². The van der Waals surface area contributed by atoms with Gasteiger partial charge in [-0.2, -0.15) is 31.6 Å². The van der Waals surface area contributed by atoms with Gasteiger partial charge in [-0.05, 0) is 18.2 Å². The first kappa shape index (κ1) is 23.5. The van der Waals surface area contributed by atoms with E-state index in [4.69, 9.17) is 14.7 Å². The molecule has 0 radical (unpaired) electrons. The van der Waals surface area contributed by atoms with Gasteiger partial charge in [-0.3, -0.25) is 0 Å². The third-order valence-electron chi connectivity index (χ3n) is 4.44. The smallest absolute Gasteiger partial charge is 0.433 e. The van der Waals surface area contributed by atoms with Gasteiger partial charge in [-0.25, -0.2) is 13.2 Å². The zero-order valence-corrected chi connectivity index (χ0v) is 15.6. The summed E-state index contributed by atoms with van der Waals surface area (Å²) in [5.74, 6) is -5.06. The van der Waals surface area contributed by atoms with E-state index >= 15 is 0 Å². The van der Waals surface area contributed by atoms with Crippen LogP contribution in [0.2, 0.25) is 0 Å². The Bertz CT molecular complexity index is 1050. The SMILES string of the molecule is N#Cc1ccc(N2C[C@@H](COc3cc(F)c(F)cc3F)O[C@@H]2C(F)(F)F)cc1C(F)(F)F. The molecule has 0 N–H and O–H groups in total. The standard InChI is InChI=1S/C19H11F9N2O2/c20-13-4-15(22)16(5-14(13)21)31-8-11-7-30(17(32-11)19(26,27)28)10-2-1-9(6-29)12(3-10)18(23,24)25/h1-5,11,17H,7-8H2/t11-,17+/m0/s1. The molecule has 0 bridgehead atoms. The molecule has 32 heavy (non-hydrogen) atoms. The summed E-state index contributed by atoms with van der Waals surface area (Å²) in [7, 11) is 0. The van der Waals surface area contributed by atoms with Crippen LogP contribution in [0.15, 0.2) is 30.3 Å². The van der Waals surface area contributed by atoms with Crippen molar-refractivity contribution in [3.8, 4) is 11.8 Å². The van der Waals surface area contributed by atoms with E-state index in [9.17, 15) is 39.5 Å². The molecule has 0 spiro atoms. The van der Waals surface area contributed by atoms with Gasteiger partial charge in [-0.15, -0.1) is 0 Å². The highest BCUT2D eigenvalue weighted by Crippen LogP contribution is 2.39. The predicted octanol–water partition coefficient (Wildman–Crippen LogP) is 5.17. The van der Waals surface area contributed by atoms with E-state index < -0.39 is 77.9 Å². The molecule has 4 nitrogen and oxygen atoms in total. The number of nitriles is 1. The predicted molar refractivity (Wildman–Crippen MR) is 90.0 cm³/mol. The van der Waals surface area contributed by atoms with Crippen LogP contribution < -0.4 is 9.64 Å². The molecule has 2 atom stereocenters. The third-order valence-corrected chi connectivity index (χ3v) is 4.44. The normalized spacial score (nSPS) is 19.2. The molecule has 172 valence electrons. The number of hydrogen-bond acceptors (Lipinski definition) is 4. The molecule has 0 unspecified atom stereocenters. The number of halogens is 9. The van der Waals surface area contributed by atoms with Crippen molar-refractivity contribution in [2.24, 2.45) is 0 Å². The van der Waals surface area contributed by atoms with Gasteiger partial charge in [0.2, 0.25) is 6.23 Å². The molecule has 1 heterocycles. The maximum absolute atomic E-state index is 13.6. The van der Waals surface area contributed by atoms with Crippen LogP contribution in [-0.2, 0) is 10.9 Å². The minimum absolute atomic E-state index is 0.181. The lowest BCUT2D eigenvalue weighted by atomic mass is 10.1. The van der Waals surface area contributed by atoms with E-state index in [0.717, 1.165) is 12.1 Å². The average Bonchev–Trinajstić information content (AvgIpc) is 3.13. The lowest BCUT2D eigenvalue weighted by Crippen LogP contribution is -2.42. The molecule has 0 aromatic heterocycles. The first-order chi connectivity index (χ1) is 14.8. The van der Waals surface area contributed by atoms with Crippen molar-refractivity contribution in [2.45, 2.75) is 24.7 Å². The third kappa shape index (κ3) is 4.85. The number of ether oxygens (including phenoxy) is 2. The number of nitrogens with zero attached hydrogens (tertiary/aromatic N) is 2. The summed E-state index contributed by atoms with van der Waals surface area (Å²) < 4.78 is 129. The summed E-state index contributed by atoms with van der Waals surface area (Å²) in [5, 5.41) is 8.83. The topological polar surface area (TPSA) is 45.5 Å². The van der Waals surface area contributed by atoms with Gasteiger partial charge >= 0.3 is 12.4 Å². The van der Waals surface area contributed by atoms with Crippen LogP contribution in [0.5, 0.6) is 5.75 Å². The highest BCUT2D eigenvalue weighted by atomic mass is 19.4. The second-order valence-corrected chi connectivity index (χ2v) is 6.65. The molecule has 13 heteroatoms. The van der Waals surface area contributed by atoms with Gasteiger partial charge in [0.15, 0.2) is 23.2 Å². The van der Waals surface area contributed by atoms with Gasteiger partial charge in [0, 0.05) is 17.8 Å². The molecular formula is C19H11F9N2O2. The van der Waals surface area contributed by atoms with Crippen molar-refractivity contribution in [1.29, 1.82) is 5.26 Å². The molecule has 0 amide bonds. The summed E-state index contributed by atoms with van der Waals surface area (Å²) in [6, 6.07) is 3.87. The van der Waals surface area contributed by atoms with E-state index in [2.05, 4.69) is 0 Å². The Morgan fingerprint density at radius 2 is 1.66 bits per heavy atom. The van der Waals surface area contributed by atoms with Crippen LogP contribution in [0, 0.1) is 28.8 Å². The molecule has 1 fully saturated rings. The van der Waals surface area contributed by atoms with Crippen LogP contribution in [0.3, 0.4) is 0 Å². The number of anilines is 1. The maximum atomic E-state index is 13.6. The molecule has 0 saturated carbocycles. The van der Waals surface area contributed by atoms with E-state index in [1.165, 1.54) is 6.07 Å². The zero-order chi connectivity index (χ0) is 23.8. The van der Waals surface area contributed by atoms with Crippen molar-refractivity contribution in [1.82, 2.24) is 0 Å². The van der Waals surface area contributed by atoms with Crippen LogP contribution in [-0.4, -0.2) is 31.7 Å². The van der Waals surface area contributed by atoms with Crippen molar-refractivity contribution < 1.29 is 49.0 Å². The molecule has 3 rings (SSSR count). The van der Waals surface area contributed by atoms with Crippen LogP contribution in [0.1, 0.15) is 11.1 Å². The maximum Gasteiger partial charge on any atom is 0.433 e. The van der Waals surface area contributed by atoms with Gasteiger partial charge < -0.3 is 14.4 Å². The van der Waals surface area contributed by atoms with Gasteiger partial charge in [0.1, 0.15) is 12.7 Å². The highest BCUT2D eigenvalue weighted by molar-refractivity contribution is 5.56. The number of benzene rings is 2. The van der Waals surface area contributed by atoms with Crippen molar-refractivity contribution in [3.63, 3.8) is 0 Å². The Labute approximate surface area is 174 Å². The zero-order valence-electron chi connectivity index (χ0n) is 15.6. The van der Waals surface area contributed by atoms with Crippen molar-refractivity contribution in [2.75, 3.05) is 18.1 Å². The second-order valence-electron chi connectivity index (χ2n) is 6.65. The Morgan fingerprint density at radius 1 is 1.00 bits per heavy atom. The molecular weight excluding hydrogens is 459 g/mol. The summed E-state index contributed by atoms with van der Waals surface area (Å²) in [4.78, 5) is 0.478. The summed E-state index contributed by atoms with van der Waals surface area (Å²) in [5.41, 5.74) is -2.74. The Balaban J connectivity index is 1.86. The van der Waals surface area contributed by atoms with E-state index in [-0.39, 0.29) is 6.07 Å². The number of alkyl halides is 6. The Kier molecular flexibility index (Phi) is 6.19. The van der Waals surface area contributed by atoms with Gasteiger partial charge in [-0.1, -0.05) is 0 Å². The molecule has 2 aromatic rings. The van der Waals surface area contributed by atoms with Crippen LogP contribution in [0.4, 0.5) is 45.2 Å². The van der Waals surface area contributed by atoms with Crippen molar-refractivity contribution >= 4 is 5.69 Å². The van der Waals surface area contributed by atoms with Crippen LogP contribution in [0.25, 0.3) is 0 Å². The summed E-state index contributed by atoms with van der Waals surface area (Å²) >= 11 is 0. The quantitative estimate of drug-likeness (QED) is 0.457. The van der Waals surface area contributed by atoms with Gasteiger partial charge in [0.05, 0.1) is 23.7 Å². The Hall–Kier alpha value is -3.14. The average molecular weight is 470 g/mol. The first-order valence-corrected chi connectivity index (χ1v) is 8.68. The molecule has 0 aliphatic carbocycles. The lowest BCUT2D eigenvalue weighted by molar-refractivity contribution is -0.215. The fourth-order valence-corrected chi connectivity index (χ4v) is 3.04. The lowest BCUT2D eigenvalue weighted by Gasteiger charge is -2.27. The highest BCUT2D eigenvalue weighted by Gasteiger charge is 2.51. The largest absolute Gasteiger partial charge is 0.488 e. The Morgan fingerprint density at radius 3 is 2.25 bits per heavy atom. The monoisotopic (exact) mass is 470 g/mol. The fraction of sp³-hybridized carbons (Fsp3) is 0.316. The molecule has 1 aliphatic heterocycles. The molecule has 1 saturated heterocycles. The number of rotatable bonds is 4. The second kappa shape index (κ2) is 8.42. The van der Waals surface area contributed by atoms with Crippen LogP contribution >= 0.6 is 0 Å². The van der Waals surface area contributed by atoms with Crippen molar-refractivity contribution in [3.05, 3.63) is 58.9 Å². The number of hydrogen-bond donors (Lipinski definition) is 0. The minimum atomic E-state index is -5.03. The fourth-order valence-electron chi connectivity index (χ4n) is 3.04. The summed E-state index contributed by atoms with van der Waals surface area (Å²) in [6.07, 6.45) is -14.1. The molecule has 2 aromatic carbocycles. The molecule has 1 aliphatic rings. The first-order valence-electron chi connectivity index (χ1n) is 8.68.